The van der Waals surface area contributed by atoms with Gasteiger partial charge in [0.15, 0.2) is 0 Å². The second-order valence-electron chi connectivity index (χ2n) is 3.65. The highest BCUT2D eigenvalue weighted by Gasteiger charge is 2.29. The third-order valence-corrected chi connectivity index (χ3v) is 2.79. The average molecular weight is 165 g/mol. The zero-order valence-electron chi connectivity index (χ0n) is 7.59. The van der Waals surface area contributed by atoms with E-state index in [0.717, 1.165) is 18.9 Å². The van der Waals surface area contributed by atoms with Crippen LogP contribution in [0.5, 0.6) is 0 Å². The van der Waals surface area contributed by atoms with Gasteiger partial charge in [-0.2, -0.15) is 5.10 Å². The summed E-state index contributed by atoms with van der Waals surface area (Å²) < 4.78 is 0. The first-order valence-corrected chi connectivity index (χ1v) is 4.49. The van der Waals surface area contributed by atoms with E-state index in [4.69, 9.17) is 0 Å². The molecule has 66 valence electrons. The lowest BCUT2D eigenvalue weighted by molar-refractivity contribution is 0.476. The Labute approximate surface area is 72.6 Å². The summed E-state index contributed by atoms with van der Waals surface area (Å²) in [6.07, 6.45) is 3.13. The van der Waals surface area contributed by atoms with Gasteiger partial charge in [-0.15, -0.1) is 0 Å². The number of likely N-dealkylation sites (N-methyl/N-ethyl adjacent to an activating group) is 1. The maximum atomic E-state index is 4.06. The van der Waals surface area contributed by atoms with E-state index in [9.17, 15) is 0 Å². The van der Waals surface area contributed by atoms with Gasteiger partial charge in [0.05, 0.1) is 6.20 Å². The van der Waals surface area contributed by atoms with Crippen molar-refractivity contribution < 1.29 is 0 Å². The smallest absolute Gasteiger partial charge is 0.0525 e. The van der Waals surface area contributed by atoms with E-state index < -0.39 is 0 Å². The van der Waals surface area contributed by atoms with E-state index >= 15 is 0 Å². The third-order valence-electron chi connectivity index (χ3n) is 2.79. The van der Waals surface area contributed by atoms with Gasteiger partial charge < -0.3 is 5.32 Å². The second kappa shape index (κ2) is 2.90. The van der Waals surface area contributed by atoms with Gasteiger partial charge in [0.1, 0.15) is 0 Å². The summed E-state index contributed by atoms with van der Waals surface area (Å²) in [5.41, 5.74) is 2.75. The maximum Gasteiger partial charge on any atom is 0.0525 e. The zero-order valence-corrected chi connectivity index (χ0v) is 7.59. The number of aromatic amines is 1. The fourth-order valence-corrected chi connectivity index (χ4v) is 2.11. The minimum atomic E-state index is 0.656. The zero-order chi connectivity index (χ0) is 8.55. The molecule has 2 N–H and O–H groups in total. The average Bonchev–Trinajstić information content (AvgIpc) is 2.56. The number of H-pyrrole nitrogens is 1. The molecule has 0 saturated carbocycles. The van der Waals surface area contributed by atoms with Crippen LogP contribution in [0.2, 0.25) is 0 Å². The molecule has 1 aromatic heterocycles. The van der Waals surface area contributed by atoms with E-state index in [-0.39, 0.29) is 0 Å². The molecule has 1 aliphatic rings. The van der Waals surface area contributed by atoms with Gasteiger partial charge in [-0.05, 0) is 24.9 Å². The van der Waals surface area contributed by atoms with E-state index in [1.54, 1.807) is 0 Å². The number of hydrogen-bond donors (Lipinski definition) is 2. The molecule has 0 radical (unpaired) electrons. The molecule has 1 aliphatic carbocycles. The van der Waals surface area contributed by atoms with Crippen molar-refractivity contribution in [3.63, 3.8) is 0 Å². The summed E-state index contributed by atoms with van der Waals surface area (Å²) >= 11 is 0. The monoisotopic (exact) mass is 165 g/mol. The minimum absolute atomic E-state index is 0.656. The minimum Gasteiger partial charge on any atom is -0.319 e. The Hall–Kier alpha value is -0.830. The highest BCUT2D eigenvalue weighted by molar-refractivity contribution is 5.28. The molecule has 12 heavy (non-hydrogen) atoms. The number of fused-ring (bicyclic) bond motifs is 1. The van der Waals surface area contributed by atoms with Crippen LogP contribution in [0.1, 0.15) is 24.1 Å². The molecule has 0 bridgehead atoms. The molecule has 1 heterocycles. The van der Waals surface area contributed by atoms with Crippen LogP contribution in [0.3, 0.4) is 0 Å². The number of nitrogens with zero attached hydrogens (tertiary/aromatic N) is 1. The number of nitrogens with one attached hydrogen (secondary N) is 2. The highest BCUT2D eigenvalue weighted by Crippen LogP contribution is 2.35. The first-order valence-electron chi connectivity index (χ1n) is 4.49. The summed E-state index contributed by atoms with van der Waals surface area (Å²) in [5.74, 6) is 1.41. The van der Waals surface area contributed by atoms with Crippen molar-refractivity contribution in [2.45, 2.75) is 19.3 Å². The quantitative estimate of drug-likeness (QED) is 0.683. The van der Waals surface area contributed by atoms with Crippen LogP contribution in [-0.2, 0) is 6.42 Å². The lowest BCUT2D eigenvalue weighted by atomic mass is 9.95. The largest absolute Gasteiger partial charge is 0.319 e. The predicted molar refractivity (Wildman–Crippen MR) is 48.1 cm³/mol. The lowest BCUT2D eigenvalue weighted by Crippen LogP contribution is -2.19. The fourth-order valence-electron chi connectivity index (χ4n) is 2.11. The molecule has 2 rings (SSSR count). The molecular formula is C9H15N3. The Morgan fingerprint density at radius 2 is 2.58 bits per heavy atom. The molecule has 0 spiro atoms. The summed E-state index contributed by atoms with van der Waals surface area (Å²) in [6, 6.07) is 0. The number of aromatic nitrogens is 2. The van der Waals surface area contributed by atoms with Gasteiger partial charge >= 0.3 is 0 Å². The second-order valence-corrected chi connectivity index (χ2v) is 3.65. The Morgan fingerprint density at radius 1 is 1.75 bits per heavy atom. The molecule has 0 aromatic carbocycles. The molecule has 0 aliphatic heterocycles. The summed E-state index contributed by atoms with van der Waals surface area (Å²) in [6.45, 7) is 3.36. The van der Waals surface area contributed by atoms with Crippen molar-refractivity contribution in [1.82, 2.24) is 15.5 Å². The number of rotatable bonds is 2. The van der Waals surface area contributed by atoms with E-state index in [2.05, 4.69) is 22.4 Å². The standard InChI is InChI=1S/C9H15N3/c1-6-3-9-8(5-11-12-9)7(6)4-10-2/h5-7,10H,3-4H2,1-2H3,(H,11,12). The van der Waals surface area contributed by atoms with E-state index in [1.165, 1.54) is 11.3 Å². The van der Waals surface area contributed by atoms with Crippen LogP contribution in [-0.4, -0.2) is 23.8 Å². The summed E-state index contributed by atoms with van der Waals surface area (Å²) in [5, 5.41) is 10.3. The summed E-state index contributed by atoms with van der Waals surface area (Å²) in [7, 11) is 2.00. The third kappa shape index (κ3) is 1.05. The van der Waals surface area contributed by atoms with Crippen molar-refractivity contribution >= 4 is 0 Å². The van der Waals surface area contributed by atoms with Crippen LogP contribution in [0.25, 0.3) is 0 Å². The molecule has 3 nitrogen and oxygen atoms in total. The van der Waals surface area contributed by atoms with Crippen molar-refractivity contribution in [2.24, 2.45) is 5.92 Å². The SMILES string of the molecule is CNCC1c2cn[nH]c2CC1C. The van der Waals surface area contributed by atoms with Gasteiger partial charge in [0.2, 0.25) is 0 Å². The highest BCUT2D eigenvalue weighted by atomic mass is 15.1. The Balaban J connectivity index is 2.23. The number of hydrogen-bond acceptors (Lipinski definition) is 2. The van der Waals surface area contributed by atoms with Crippen LogP contribution in [0, 0.1) is 5.92 Å². The van der Waals surface area contributed by atoms with Crippen molar-refractivity contribution in [1.29, 1.82) is 0 Å². The molecule has 0 amide bonds. The van der Waals surface area contributed by atoms with Crippen molar-refractivity contribution in [2.75, 3.05) is 13.6 Å². The van der Waals surface area contributed by atoms with Gasteiger partial charge in [0.25, 0.3) is 0 Å². The Kier molecular flexibility index (Phi) is 1.89. The van der Waals surface area contributed by atoms with Crippen LogP contribution < -0.4 is 5.32 Å². The molecule has 0 fully saturated rings. The molecule has 3 heteroatoms. The molecule has 1 aromatic rings. The predicted octanol–water partition coefficient (Wildman–Crippen LogP) is 0.905. The van der Waals surface area contributed by atoms with Gasteiger partial charge in [-0.25, -0.2) is 0 Å². The van der Waals surface area contributed by atoms with Crippen LogP contribution in [0.15, 0.2) is 6.20 Å². The van der Waals surface area contributed by atoms with Gasteiger partial charge in [0, 0.05) is 18.2 Å². The van der Waals surface area contributed by atoms with E-state index in [1.807, 2.05) is 13.2 Å². The van der Waals surface area contributed by atoms with Crippen molar-refractivity contribution in [3.05, 3.63) is 17.5 Å². The maximum absolute atomic E-state index is 4.06. The van der Waals surface area contributed by atoms with Gasteiger partial charge in [-0.3, -0.25) is 5.10 Å². The van der Waals surface area contributed by atoms with Crippen LogP contribution >= 0.6 is 0 Å². The lowest BCUT2D eigenvalue weighted by Gasteiger charge is -2.14. The van der Waals surface area contributed by atoms with Crippen molar-refractivity contribution in [3.8, 4) is 0 Å². The fraction of sp³-hybridized carbons (Fsp3) is 0.667. The first kappa shape index (κ1) is 7.80. The van der Waals surface area contributed by atoms with Gasteiger partial charge in [-0.1, -0.05) is 6.92 Å². The topological polar surface area (TPSA) is 40.7 Å². The molecule has 0 saturated heterocycles. The van der Waals surface area contributed by atoms with E-state index in [0.29, 0.717) is 5.92 Å². The molecular weight excluding hydrogens is 150 g/mol. The first-order chi connectivity index (χ1) is 5.83. The van der Waals surface area contributed by atoms with Crippen LogP contribution in [0.4, 0.5) is 0 Å². The normalized spacial score (nSPS) is 27.5. The summed E-state index contributed by atoms with van der Waals surface area (Å²) in [4.78, 5) is 0. The Morgan fingerprint density at radius 3 is 3.33 bits per heavy atom. The molecule has 2 atom stereocenters. The molecule has 2 unspecified atom stereocenters. The Bertz CT molecular complexity index is 266.